The molecular weight excluding hydrogens is 705 g/mol. The summed E-state index contributed by atoms with van der Waals surface area (Å²) in [7, 11) is 0. The quantitative estimate of drug-likeness (QED) is 0.190. The smallest absolute Gasteiger partial charge is 0.135 e. The molecule has 1 unspecified atom stereocenters. The molecule has 0 bridgehead atoms. The normalized spacial score (nSPS) is 14.3. The minimum atomic E-state index is 0.109. The van der Waals surface area contributed by atoms with Crippen LogP contribution in [0.4, 0.5) is 0 Å². The summed E-state index contributed by atoms with van der Waals surface area (Å²) in [5, 5.41) is 16.4. The number of nitrogens with one attached hydrogen (secondary N) is 1. The molecule has 11 aromatic rings. The van der Waals surface area contributed by atoms with E-state index < -0.39 is 0 Å². The van der Waals surface area contributed by atoms with Gasteiger partial charge in [0.1, 0.15) is 11.2 Å². The Labute approximate surface area is 335 Å². The molecule has 1 atom stereocenters. The molecule has 1 aliphatic heterocycles. The Morgan fingerprint density at radius 2 is 1.03 bits per heavy atom. The van der Waals surface area contributed by atoms with Crippen molar-refractivity contribution in [1.82, 2.24) is 9.88 Å². The fourth-order valence-corrected chi connectivity index (χ4v) is 9.50. The zero-order valence-electron chi connectivity index (χ0n) is 32.0. The molecule has 0 aliphatic carbocycles. The number of fused-ring (bicyclic) bond motifs is 9. The summed E-state index contributed by atoms with van der Waals surface area (Å²) in [5.74, 6) is 0. The maximum atomic E-state index is 6.09. The Bertz CT molecular complexity index is 3590. The number of rotatable bonds is 5. The van der Waals surface area contributed by atoms with E-state index in [2.05, 4.69) is 193 Å². The highest BCUT2D eigenvalue weighted by Crippen LogP contribution is 2.38. The molecule has 0 radical (unpaired) electrons. The number of hydrogen-bond acceptors (Lipinski definition) is 2. The summed E-state index contributed by atoms with van der Waals surface area (Å²) >= 11 is 0. The highest BCUT2D eigenvalue weighted by Gasteiger charge is 2.26. The van der Waals surface area contributed by atoms with Gasteiger partial charge in [-0.1, -0.05) is 146 Å². The summed E-state index contributed by atoms with van der Waals surface area (Å²) in [5.41, 5.74) is 12.8. The lowest BCUT2D eigenvalue weighted by atomic mass is 9.96. The predicted octanol–water partition coefficient (Wildman–Crippen LogP) is 12.5. The van der Waals surface area contributed by atoms with Crippen LogP contribution in [0.3, 0.4) is 0 Å². The Balaban J connectivity index is 0.990. The van der Waals surface area contributed by atoms with Crippen LogP contribution in [0.2, 0.25) is 0 Å². The second kappa shape index (κ2) is 12.8. The van der Waals surface area contributed by atoms with Crippen molar-refractivity contribution < 1.29 is 4.42 Å². The van der Waals surface area contributed by atoms with E-state index in [0.717, 1.165) is 28.4 Å². The monoisotopic (exact) mass is 742 g/mol. The van der Waals surface area contributed by atoms with Crippen LogP contribution < -0.4 is 15.8 Å². The van der Waals surface area contributed by atoms with Gasteiger partial charge < -0.3 is 14.3 Å². The lowest BCUT2D eigenvalue weighted by molar-refractivity contribution is 0.669. The highest BCUT2D eigenvalue weighted by atomic mass is 16.3. The van der Waals surface area contributed by atoms with E-state index in [-0.39, 0.29) is 6.04 Å². The standard InChI is InChI=1S/C55H38N2O/c1-2-49-55(46-16-6-5-15-45(46)54(56-49)41-26-23-34-11-3-4-12-37(34)29-41)57-50-17-9-7-13-43(50)47-32-42-30-38(24-25-40(42)33-51(47)57)35-19-21-36(22-20-35)39-27-28-53-48(31-39)44-14-8-10-18-52(44)58-53/h3-33,49,56H,2H2,1H3. The summed E-state index contributed by atoms with van der Waals surface area (Å²) in [6.07, 6.45) is 0.944. The molecule has 9 aromatic carbocycles. The molecule has 0 saturated carbocycles. The molecule has 0 fully saturated rings. The Hall–Kier alpha value is -7.36. The molecule has 58 heavy (non-hydrogen) atoms. The summed E-state index contributed by atoms with van der Waals surface area (Å²) < 4.78 is 8.62. The summed E-state index contributed by atoms with van der Waals surface area (Å²) in [6.45, 7) is 2.29. The molecule has 3 heterocycles. The van der Waals surface area contributed by atoms with Crippen molar-refractivity contribution in [3.05, 3.63) is 204 Å². The Morgan fingerprint density at radius 1 is 0.431 bits per heavy atom. The third-order valence-corrected chi connectivity index (χ3v) is 12.4. The zero-order chi connectivity index (χ0) is 38.3. The van der Waals surface area contributed by atoms with Crippen molar-refractivity contribution in [3.8, 4) is 22.3 Å². The first-order valence-corrected chi connectivity index (χ1v) is 20.3. The van der Waals surface area contributed by atoms with Gasteiger partial charge in [-0.25, -0.2) is 0 Å². The topological polar surface area (TPSA) is 30.1 Å². The lowest BCUT2D eigenvalue weighted by Crippen LogP contribution is -2.47. The zero-order valence-corrected chi connectivity index (χ0v) is 32.0. The lowest BCUT2D eigenvalue weighted by Gasteiger charge is -2.30. The molecule has 1 aliphatic rings. The largest absolute Gasteiger partial charge is 0.456 e. The molecule has 0 spiro atoms. The van der Waals surface area contributed by atoms with E-state index in [1.165, 1.54) is 93.0 Å². The second-order valence-electron chi connectivity index (χ2n) is 15.6. The van der Waals surface area contributed by atoms with Crippen molar-refractivity contribution in [3.63, 3.8) is 0 Å². The van der Waals surface area contributed by atoms with Gasteiger partial charge in [-0.2, -0.15) is 0 Å². The van der Waals surface area contributed by atoms with E-state index in [4.69, 9.17) is 4.42 Å². The van der Waals surface area contributed by atoms with Crippen LogP contribution >= 0.6 is 0 Å². The van der Waals surface area contributed by atoms with Crippen LogP contribution in [0.15, 0.2) is 192 Å². The summed E-state index contributed by atoms with van der Waals surface area (Å²) in [4.78, 5) is 0. The van der Waals surface area contributed by atoms with Crippen LogP contribution in [0.5, 0.6) is 0 Å². The molecule has 12 rings (SSSR count). The number of aromatic nitrogens is 1. The van der Waals surface area contributed by atoms with Gasteiger partial charge in [0.25, 0.3) is 0 Å². The average Bonchev–Trinajstić information content (AvgIpc) is 3.82. The van der Waals surface area contributed by atoms with Crippen LogP contribution in [0.25, 0.3) is 98.9 Å². The number of nitrogens with zero attached hydrogens (tertiary/aromatic N) is 1. The average molecular weight is 743 g/mol. The van der Waals surface area contributed by atoms with Crippen molar-refractivity contribution in [2.24, 2.45) is 0 Å². The predicted molar refractivity (Wildman–Crippen MR) is 243 cm³/mol. The van der Waals surface area contributed by atoms with Gasteiger partial charge in [0.2, 0.25) is 0 Å². The van der Waals surface area contributed by atoms with Gasteiger partial charge >= 0.3 is 0 Å². The molecule has 0 saturated heterocycles. The maximum Gasteiger partial charge on any atom is 0.135 e. The van der Waals surface area contributed by atoms with Crippen molar-refractivity contribution in [1.29, 1.82) is 0 Å². The molecule has 3 heteroatoms. The first-order chi connectivity index (χ1) is 28.7. The second-order valence-corrected chi connectivity index (χ2v) is 15.6. The van der Waals surface area contributed by atoms with E-state index in [1.807, 2.05) is 12.1 Å². The number of hydrogen-bond donors (Lipinski definition) is 1. The number of furan rings is 1. The third kappa shape index (κ3) is 5.06. The van der Waals surface area contributed by atoms with Crippen molar-refractivity contribution in [2.75, 3.05) is 0 Å². The third-order valence-electron chi connectivity index (χ3n) is 12.4. The van der Waals surface area contributed by atoms with E-state index in [0.29, 0.717) is 0 Å². The number of benzene rings is 9. The van der Waals surface area contributed by atoms with Crippen LogP contribution in [0, 0.1) is 0 Å². The SMILES string of the molecule is CCC1NC(c2ccc3ccccc3c2)=c2ccccc2=C1n1c2ccccc2c2cc3cc(-c4ccc(-c5ccc6oc7ccccc7c6c5)cc4)ccc3cc21. The Morgan fingerprint density at radius 3 is 1.88 bits per heavy atom. The van der Waals surface area contributed by atoms with E-state index in [1.54, 1.807) is 0 Å². The highest BCUT2D eigenvalue weighted by molar-refractivity contribution is 6.15. The molecule has 3 nitrogen and oxygen atoms in total. The number of para-hydroxylation sites is 2. The molecular formula is C55H38N2O. The first-order valence-electron chi connectivity index (χ1n) is 20.3. The molecule has 2 aromatic heterocycles. The van der Waals surface area contributed by atoms with E-state index in [9.17, 15) is 0 Å². The van der Waals surface area contributed by atoms with Gasteiger partial charge in [0.15, 0.2) is 0 Å². The van der Waals surface area contributed by atoms with Crippen LogP contribution in [-0.2, 0) is 0 Å². The van der Waals surface area contributed by atoms with Crippen molar-refractivity contribution in [2.45, 2.75) is 19.4 Å². The molecule has 0 amide bonds. The first kappa shape index (κ1) is 32.8. The van der Waals surface area contributed by atoms with Gasteiger partial charge in [-0.05, 0) is 104 Å². The fourth-order valence-electron chi connectivity index (χ4n) is 9.50. The summed E-state index contributed by atoms with van der Waals surface area (Å²) in [6, 6.07) is 68.8. The van der Waals surface area contributed by atoms with Gasteiger partial charge in [-0.3, -0.25) is 0 Å². The van der Waals surface area contributed by atoms with E-state index >= 15 is 0 Å². The molecule has 274 valence electrons. The molecule has 1 N–H and O–H groups in total. The van der Waals surface area contributed by atoms with Gasteiger partial charge in [0, 0.05) is 37.7 Å². The minimum absolute atomic E-state index is 0.109. The van der Waals surface area contributed by atoms with Gasteiger partial charge in [0.05, 0.1) is 22.8 Å². The van der Waals surface area contributed by atoms with Crippen LogP contribution in [-0.4, -0.2) is 10.6 Å². The van der Waals surface area contributed by atoms with Crippen LogP contribution in [0.1, 0.15) is 18.9 Å². The minimum Gasteiger partial charge on any atom is -0.456 e. The van der Waals surface area contributed by atoms with Gasteiger partial charge in [-0.15, -0.1) is 0 Å². The maximum absolute atomic E-state index is 6.09. The van der Waals surface area contributed by atoms with Crippen molar-refractivity contribution >= 4 is 76.7 Å². The fraction of sp³-hybridized carbons (Fsp3) is 0.0545. The Kier molecular flexibility index (Phi) is 7.27.